The lowest BCUT2D eigenvalue weighted by molar-refractivity contribution is -0.131. The highest BCUT2D eigenvalue weighted by Gasteiger charge is 2.31. The predicted molar refractivity (Wildman–Crippen MR) is 124 cm³/mol. The predicted octanol–water partition coefficient (Wildman–Crippen LogP) is 6.17. The topological polar surface area (TPSA) is 66.0 Å². The van der Waals surface area contributed by atoms with Gasteiger partial charge in [0, 0.05) is 11.6 Å². The molecule has 0 aliphatic heterocycles. The molecular weight excluding hydrogens is 403 g/mol. The zero-order valence-electron chi connectivity index (χ0n) is 17.3. The van der Waals surface area contributed by atoms with Crippen molar-refractivity contribution in [3.05, 3.63) is 107 Å². The number of carbonyl (C=O) groups is 1. The van der Waals surface area contributed by atoms with E-state index < -0.39 is 5.97 Å². The summed E-state index contributed by atoms with van der Waals surface area (Å²) in [5, 5.41) is 16.2. The van der Waals surface area contributed by atoms with Crippen LogP contribution in [0.25, 0.3) is 28.1 Å². The number of aromatic amines is 1. The van der Waals surface area contributed by atoms with Crippen LogP contribution in [0.5, 0.6) is 0 Å². The van der Waals surface area contributed by atoms with Crippen LogP contribution in [0.4, 0.5) is 4.39 Å². The highest BCUT2D eigenvalue weighted by Crippen LogP contribution is 2.48. The summed E-state index contributed by atoms with van der Waals surface area (Å²) in [4.78, 5) is 10.8. The van der Waals surface area contributed by atoms with Gasteiger partial charge >= 0.3 is 5.97 Å². The smallest absolute Gasteiger partial charge is 0.328 e. The summed E-state index contributed by atoms with van der Waals surface area (Å²) in [5.74, 6) is -0.918. The largest absolute Gasteiger partial charge is 0.478 e. The van der Waals surface area contributed by atoms with Crippen molar-refractivity contribution in [1.29, 1.82) is 0 Å². The molecule has 1 aliphatic rings. The highest BCUT2D eigenvalue weighted by atomic mass is 19.1. The van der Waals surface area contributed by atoms with Gasteiger partial charge in [-0.25, -0.2) is 9.18 Å². The minimum atomic E-state index is -0.995. The first-order valence-electron chi connectivity index (χ1n) is 10.5. The first kappa shape index (κ1) is 19.9. The number of rotatable bonds is 6. The minimum Gasteiger partial charge on any atom is -0.478 e. The Balaban J connectivity index is 1.74. The molecule has 1 aliphatic carbocycles. The van der Waals surface area contributed by atoms with Gasteiger partial charge in [-0.2, -0.15) is 5.10 Å². The van der Waals surface area contributed by atoms with Crippen LogP contribution in [0, 0.1) is 11.7 Å². The minimum absolute atomic E-state index is 0.296. The number of aromatic nitrogens is 2. The molecule has 4 aromatic rings. The third kappa shape index (κ3) is 3.85. The number of hydrogen-bond donors (Lipinski definition) is 2. The molecule has 0 spiro atoms. The number of fused-ring (bicyclic) bond motifs is 1. The second-order valence-corrected chi connectivity index (χ2v) is 7.98. The summed E-state index contributed by atoms with van der Waals surface area (Å²) in [6.07, 6.45) is 6.32. The van der Waals surface area contributed by atoms with Crippen molar-refractivity contribution in [2.24, 2.45) is 5.92 Å². The SMILES string of the molecule is O=C(O)/C=C/c1ccc(/C(=C(\c2ccccc2)C2CC2)c2ccc3[nH]ncc3c2F)cc1. The molecule has 5 heteroatoms. The maximum atomic E-state index is 15.7. The zero-order chi connectivity index (χ0) is 22.1. The lowest BCUT2D eigenvalue weighted by Gasteiger charge is -2.18. The van der Waals surface area contributed by atoms with Crippen LogP contribution in [-0.4, -0.2) is 21.3 Å². The Labute approximate surface area is 184 Å². The molecule has 158 valence electrons. The molecule has 1 saturated carbocycles. The van der Waals surface area contributed by atoms with Crippen molar-refractivity contribution in [2.45, 2.75) is 12.8 Å². The zero-order valence-corrected chi connectivity index (χ0v) is 17.3. The number of carboxylic acid groups (broad SMARTS) is 1. The van der Waals surface area contributed by atoms with Crippen LogP contribution in [0.3, 0.4) is 0 Å². The number of H-pyrrole nitrogens is 1. The van der Waals surface area contributed by atoms with Gasteiger partial charge in [0.05, 0.1) is 17.1 Å². The average Bonchev–Trinajstić information content (AvgIpc) is 3.53. The van der Waals surface area contributed by atoms with Gasteiger partial charge in [-0.15, -0.1) is 0 Å². The summed E-state index contributed by atoms with van der Waals surface area (Å²) >= 11 is 0. The molecule has 5 rings (SSSR count). The molecule has 0 atom stereocenters. The summed E-state index contributed by atoms with van der Waals surface area (Å²) < 4.78 is 15.7. The Hall–Kier alpha value is -3.99. The molecule has 0 saturated heterocycles. The second kappa shape index (κ2) is 8.27. The molecule has 1 heterocycles. The fourth-order valence-electron chi connectivity index (χ4n) is 4.13. The van der Waals surface area contributed by atoms with Gasteiger partial charge < -0.3 is 5.11 Å². The van der Waals surface area contributed by atoms with E-state index in [1.54, 1.807) is 6.08 Å². The van der Waals surface area contributed by atoms with E-state index in [4.69, 9.17) is 5.11 Å². The first-order valence-corrected chi connectivity index (χ1v) is 10.5. The van der Waals surface area contributed by atoms with Crippen molar-refractivity contribution in [3.63, 3.8) is 0 Å². The van der Waals surface area contributed by atoms with Gasteiger partial charge in [-0.3, -0.25) is 5.10 Å². The lowest BCUT2D eigenvalue weighted by atomic mass is 9.86. The maximum absolute atomic E-state index is 15.7. The molecule has 3 aromatic carbocycles. The number of nitrogens with one attached hydrogen (secondary N) is 1. The van der Waals surface area contributed by atoms with E-state index in [0.29, 0.717) is 22.4 Å². The fraction of sp³-hybridized carbons (Fsp3) is 0.111. The monoisotopic (exact) mass is 424 g/mol. The third-order valence-electron chi connectivity index (χ3n) is 5.79. The molecule has 32 heavy (non-hydrogen) atoms. The van der Waals surface area contributed by atoms with E-state index in [1.165, 1.54) is 6.20 Å². The van der Waals surface area contributed by atoms with E-state index in [9.17, 15) is 4.79 Å². The Morgan fingerprint density at radius 1 is 1.00 bits per heavy atom. The van der Waals surface area contributed by atoms with Crippen molar-refractivity contribution in [2.75, 3.05) is 0 Å². The van der Waals surface area contributed by atoms with Crippen LogP contribution < -0.4 is 0 Å². The number of hydrogen-bond acceptors (Lipinski definition) is 2. The highest BCUT2D eigenvalue weighted by molar-refractivity contribution is 6.02. The van der Waals surface area contributed by atoms with Crippen LogP contribution in [0.1, 0.15) is 35.1 Å². The number of nitrogens with zero attached hydrogens (tertiary/aromatic N) is 1. The van der Waals surface area contributed by atoms with Crippen molar-refractivity contribution in [1.82, 2.24) is 10.2 Å². The van der Waals surface area contributed by atoms with Gasteiger partial charge in [0.25, 0.3) is 0 Å². The molecule has 0 unspecified atom stereocenters. The van der Waals surface area contributed by atoms with E-state index in [2.05, 4.69) is 22.3 Å². The molecule has 1 aromatic heterocycles. The summed E-state index contributed by atoms with van der Waals surface area (Å²) in [6.45, 7) is 0. The number of allylic oxidation sites excluding steroid dienone is 1. The molecular formula is C27H21FN2O2. The number of benzene rings is 3. The standard InChI is InChI=1S/C27H21FN2O2/c28-27-21(13-14-23-22(27)16-29-30-23)26(20-9-6-17(7-10-20)8-15-24(31)32)25(19-11-12-19)18-4-2-1-3-5-18/h1-10,13-16,19H,11-12H2,(H,29,30)(H,31,32)/b15-8+,26-25-. The molecule has 0 bridgehead atoms. The number of halogens is 1. The Bertz CT molecular complexity index is 1350. The van der Waals surface area contributed by atoms with Crippen LogP contribution >= 0.6 is 0 Å². The van der Waals surface area contributed by atoms with Crippen LogP contribution in [0.15, 0.2) is 79.0 Å². The van der Waals surface area contributed by atoms with Gasteiger partial charge in [-0.05, 0) is 64.8 Å². The Morgan fingerprint density at radius 3 is 2.44 bits per heavy atom. The lowest BCUT2D eigenvalue weighted by Crippen LogP contribution is -2.00. The van der Waals surface area contributed by atoms with Crippen molar-refractivity contribution >= 4 is 34.1 Å². The number of carboxylic acids is 1. The van der Waals surface area contributed by atoms with E-state index in [-0.39, 0.29) is 5.82 Å². The Kier molecular flexibility index (Phi) is 5.15. The molecule has 1 fully saturated rings. The van der Waals surface area contributed by atoms with Crippen LogP contribution in [-0.2, 0) is 4.79 Å². The number of aliphatic carboxylic acids is 1. The van der Waals surface area contributed by atoms with Gasteiger partial charge in [0.2, 0.25) is 0 Å². The van der Waals surface area contributed by atoms with Gasteiger partial charge in [0.1, 0.15) is 5.82 Å². The summed E-state index contributed by atoms with van der Waals surface area (Å²) in [6, 6.07) is 21.4. The molecule has 2 N–H and O–H groups in total. The normalized spacial score (nSPS) is 14.7. The molecule has 0 amide bonds. The third-order valence-corrected chi connectivity index (χ3v) is 5.79. The Morgan fingerprint density at radius 2 is 1.75 bits per heavy atom. The average molecular weight is 424 g/mol. The van der Waals surface area contributed by atoms with E-state index >= 15 is 4.39 Å². The second-order valence-electron chi connectivity index (χ2n) is 7.98. The van der Waals surface area contributed by atoms with Crippen molar-refractivity contribution < 1.29 is 14.3 Å². The van der Waals surface area contributed by atoms with E-state index in [0.717, 1.165) is 46.8 Å². The van der Waals surface area contributed by atoms with Gasteiger partial charge in [-0.1, -0.05) is 54.6 Å². The molecule has 0 radical (unpaired) electrons. The van der Waals surface area contributed by atoms with Crippen molar-refractivity contribution in [3.8, 4) is 0 Å². The quantitative estimate of drug-likeness (QED) is 0.287. The first-order chi connectivity index (χ1) is 15.6. The summed E-state index contributed by atoms with van der Waals surface area (Å²) in [5.41, 5.74) is 5.96. The maximum Gasteiger partial charge on any atom is 0.328 e. The van der Waals surface area contributed by atoms with Gasteiger partial charge in [0.15, 0.2) is 0 Å². The molecule has 4 nitrogen and oxygen atoms in total. The van der Waals surface area contributed by atoms with E-state index in [1.807, 2.05) is 54.6 Å². The summed E-state index contributed by atoms with van der Waals surface area (Å²) in [7, 11) is 0. The van der Waals surface area contributed by atoms with Crippen LogP contribution in [0.2, 0.25) is 0 Å². The fourth-order valence-corrected chi connectivity index (χ4v) is 4.13.